The lowest BCUT2D eigenvalue weighted by atomic mass is 10.4. The lowest BCUT2D eigenvalue weighted by molar-refractivity contribution is -0.157. The predicted octanol–water partition coefficient (Wildman–Crippen LogP) is -0.853. The number of pyridine rings is 1. The average molecular weight is 240 g/mol. The van der Waals surface area contributed by atoms with Gasteiger partial charge in [-0.2, -0.15) is 0 Å². The molecule has 0 amide bonds. The van der Waals surface area contributed by atoms with Gasteiger partial charge in [-0.05, 0) is 6.07 Å². The van der Waals surface area contributed by atoms with E-state index in [2.05, 4.69) is 9.47 Å². The maximum Gasteiger partial charge on any atom is 0.344 e. The third kappa shape index (κ3) is 3.98. The Bertz CT molecular complexity index is 480. The molecule has 0 fully saturated rings. The van der Waals surface area contributed by atoms with Crippen LogP contribution in [0.1, 0.15) is 0 Å². The predicted molar refractivity (Wildman–Crippen MR) is 58.1 cm³/mol. The Morgan fingerprint density at radius 3 is 2.71 bits per heavy atom. The number of aromatic nitrogens is 1. The van der Waals surface area contributed by atoms with Gasteiger partial charge < -0.3 is 19.8 Å². The number of rotatable bonds is 4. The summed E-state index contributed by atoms with van der Waals surface area (Å²) in [7, 11) is 1.18. The Morgan fingerprint density at radius 1 is 1.35 bits per heavy atom. The molecule has 0 aromatic carbocycles. The van der Waals surface area contributed by atoms with E-state index in [0.717, 1.165) is 4.57 Å². The summed E-state index contributed by atoms with van der Waals surface area (Å²) in [4.78, 5) is 33.3. The van der Waals surface area contributed by atoms with Crippen molar-refractivity contribution >= 4 is 17.6 Å². The van der Waals surface area contributed by atoms with Crippen LogP contribution in [-0.2, 0) is 25.6 Å². The number of hydrogen-bond donors (Lipinski definition) is 1. The maximum absolute atomic E-state index is 11.3. The average Bonchev–Trinajstić information content (AvgIpc) is 2.30. The topological polar surface area (TPSA) is 101 Å². The maximum atomic E-state index is 11.3. The van der Waals surface area contributed by atoms with Gasteiger partial charge >= 0.3 is 11.9 Å². The highest BCUT2D eigenvalue weighted by molar-refractivity contribution is 5.76. The van der Waals surface area contributed by atoms with Crippen molar-refractivity contribution in [3.8, 4) is 0 Å². The number of nitrogen functional groups attached to an aromatic ring is 1. The van der Waals surface area contributed by atoms with Gasteiger partial charge in [-0.25, -0.2) is 4.79 Å². The molecule has 1 rings (SSSR count). The Labute approximate surface area is 96.7 Å². The van der Waals surface area contributed by atoms with Gasteiger partial charge in [-0.3, -0.25) is 9.59 Å². The lowest BCUT2D eigenvalue weighted by Crippen LogP contribution is -2.26. The van der Waals surface area contributed by atoms with Crippen LogP contribution >= 0.6 is 0 Å². The summed E-state index contributed by atoms with van der Waals surface area (Å²) in [6.45, 7) is -0.784. The molecule has 1 heterocycles. The van der Waals surface area contributed by atoms with E-state index in [1.807, 2.05) is 0 Å². The molecule has 1 aromatic rings. The summed E-state index contributed by atoms with van der Waals surface area (Å²) in [5.41, 5.74) is 5.43. The number of nitrogens with two attached hydrogens (primary N) is 1. The molecule has 0 atom stereocenters. The van der Waals surface area contributed by atoms with E-state index in [4.69, 9.17) is 5.73 Å². The zero-order valence-corrected chi connectivity index (χ0v) is 9.21. The summed E-state index contributed by atoms with van der Waals surface area (Å²) in [5, 5.41) is 0. The van der Waals surface area contributed by atoms with Crippen molar-refractivity contribution in [2.75, 3.05) is 19.5 Å². The van der Waals surface area contributed by atoms with Crippen molar-refractivity contribution in [1.29, 1.82) is 0 Å². The van der Waals surface area contributed by atoms with Crippen molar-refractivity contribution in [1.82, 2.24) is 4.57 Å². The summed E-state index contributed by atoms with van der Waals surface area (Å²) >= 11 is 0. The number of carbonyl (C=O) groups excluding carboxylic acids is 2. The van der Waals surface area contributed by atoms with Crippen LogP contribution in [0.3, 0.4) is 0 Å². The van der Waals surface area contributed by atoms with Gasteiger partial charge in [-0.1, -0.05) is 0 Å². The van der Waals surface area contributed by atoms with Crippen LogP contribution in [0.15, 0.2) is 23.1 Å². The molecule has 0 aliphatic rings. The van der Waals surface area contributed by atoms with Crippen molar-refractivity contribution in [2.24, 2.45) is 0 Å². The first-order valence-corrected chi connectivity index (χ1v) is 4.71. The van der Waals surface area contributed by atoms with E-state index in [1.165, 1.54) is 25.4 Å². The molecular weight excluding hydrogens is 228 g/mol. The number of anilines is 1. The van der Waals surface area contributed by atoms with Crippen LogP contribution in [0.5, 0.6) is 0 Å². The van der Waals surface area contributed by atoms with Gasteiger partial charge in [-0.15, -0.1) is 0 Å². The van der Waals surface area contributed by atoms with Crippen LogP contribution in [0.2, 0.25) is 0 Å². The molecule has 7 heteroatoms. The van der Waals surface area contributed by atoms with Crippen LogP contribution in [0.25, 0.3) is 0 Å². The fraction of sp³-hybridized carbons (Fsp3) is 0.300. The number of hydrogen-bond acceptors (Lipinski definition) is 6. The van der Waals surface area contributed by atoms with Crippen molar-refractivity contribution in [3.63, 3.8) is 0 Å². The molecule has 0 aliphatic carbocycles. The number of methoxy groups -OCH3 is 1. The molecule has 0 saturated heterocycles. The lowest BCUT2D eigenvalue weighted by Gasteiger charge is -2.06. The number of esters is 2. The molecule has 2 N–H and O–H groups in total. The summed E-state index contributed by atoms with van der Waals surface area (Å²) < 4.78 is 9.96. The Balaban J connectivity index is 2.59. The standard InChI is InChI=1S/C10H12N2O5/c1-16-10(15)6-17-9(14)5-12-4-7(11)2-3-8(12)13/h2-4H,5-6,11H2,1H3. The van der Waals surface area contributed by atoms with Gasteiger partial charge in [0, 0.05) is 18.0 Å². The van der Waals surface area contributed by atoms with Crippen LogP contribution in [0.4, 0.5) is 5.69 Å². The van der Waals surface area contributed by atoms with Crippen molar-refractivity contribution in [2.45, 2.75) is 6.54 Å². The number of ether oxygens (including phenoxy) is 2. The number of nitrogens with zero attached hydrogens (tertiary/aromatic N) is 1. The molecule has 92 valence electrons. The van der Waals surface area contributed by atoms with Crippen LogP contribution < -0.4 is 11.3 Å². The second-order valence-corrected chi connectivity index (χ2v) is 3.17. The Morgan fingerprint density at radius 2 is 2.06 bits per heavy atom. The van der Waals surface area contributed by atoms with Gasteiger partial charge in [0.15, 0.2) is 6.61 Å². The summed E-state index contributed by atoms with van der Waals surface area (Å²) in [6.07, 6.45) is 1.32. The minimum atomic E-state index is -0.719. The van der Waals surface area contributed by atoms with Gasteiger partial charge in [0.05, 0.1) is 7.11 Å². The fourth-order valence-corrected chi connectivity index (χ4v) is 1.06. The third-order valence-corrected chi connectivity index (χ3v) is 1.88. The van der Waals surface area contributed by atoms with Gasteiger partial charge in [0.1, 0.15) is 6.54 Å². The second-order valence-electron chi connectivity index (χ2n) is 3.17. The molecule has 7 nitrogen and oxygen atoms in total. The monoisotopic (exact) mass is 240 g/mol. The molecule has 0 unspecified atom stereocenters. The first-order valence-electron chi connectivity index (χ1n) is 4.71. The quantitative estimate of drug-likeness (QED) is 0.688. The van der Waals surface area contributed by atoms with E-state index in [1.54, 1.807) is 0 Å². The Hall–Kier alpha value is -2.31. The molecule has 0 radical (unpaired) electrons. The first-order chi connectivity index (χ1) is 8.02. The van der Waals surface area contributed by atoms with E-state index >= 15 is 0 Å². The Kier molecular flexibility index (Phi) is 4.27. The molecule has 1 aromatic heterocycles. The van der Waals surface area contributed by atoms with Gasteiger partial charge in [0.25, 0.3) is 5.56 Å². The zero-order chi connectivity index (χ0) is 12.8. The zero-order valence-electron chi connectivity index (χ0n) is 9.21. The van der Waals surface area contributed by atoms with Gasteiger partial charge in [0.2, 0.25) is 0 Å². The minimum absolute atomic E-state index is 0.305. The highest BCUT2D eigenvalue weighted by Gasteiger charge is 2.09. The summed E-state index contributed by atoms with van der Waals surface area (Å²) in [5.74, 6) is -1.39. The number of carbonyl (C=O) groups is 2. The minimum Gasteiger partial charge on any atom is -0.466 e. The molecule has 0 saturated carbocycles. The largest absolute Gasteiger partial charge is 0.466 e. The normalized spacial score (nSPS) is 9.71. The molecule has 0 spiro atoms. The van der Waals surface area contributed by atoms with Crippen LogP contribution in [-0.4, -0.2) is 30.2 Å². The van der Waals surface area contributed by atoms with E-state index in [0.29, 0.717) is 5.69 Å². The van der Waals surface area contributed by atoms with Crippen LogP contribution in [0, 0.1) is 0 Å². The second kappa shape index (κ2) is 5.69. The molecule has 0 aliphatic heterocycles. The molecule has 0 bridgehead atoms. The SMILES string of the molecule is COC(=O)COC(=O)Cn1cc(N)ccc1=O. The highest BCUT2D eigenvalue weighted by atomic mass is 16.6. The van der Waals surface area contributed by atoms with Crippen molar-refractivity contribution < 1.29 is 19.1 Å². The fourth-order valence-electron chi connectivity index (χ4n) is 1.06. The van der Waals surface area contributed by atoms with E-state index in [-0.39, 0.29) is 12.1 Å². The third-order valence-electron chi connectivity index (χ3n) is 1.88. The summed E-state index contributed by atoms with van der Waals surface area (Å²) in [6, 6.07) is 2.67. The van der Waals surface area contributed by atoms with E-state index in [9.17, 15) is 14.4 Å². The highest BCUT2D eigenvalue weighted by Crippen LogP contribution is 1.96. The van der Waals surface area contributed by atoms with E-state index < -0.39 is 18.5 Å². The molecular formula is C10H12N2O5. The smallest absolute Gasteiger partial charge is 0.344 e. The molecule has 17 heavy (non-hydrogen) atoms. The first kappa shape index (κ1) is 12.8. The van der Waals surface area contributed by atoms with Crippen molar-refractivity contribution in [3.05, 3.63) is 28.7 Å².